The van der Waals surface area contributed by atoms with Crippen molar-refractivity contribution in [1.29, 1.82) is 0 Å². The van der Waals surface area contributed by atoms with E-state index in [4.69, 9.17) is 0 Å². The average molecular weight is 349 g/mol. The number of benzene rings is 1. The van der Waals surface area contributed by atoms with Crippen LogP contribution in [-0.4, -0.2) is 43.6 Å². The fraction of sp³-hybridized carbons (Fsp3) is 0.579. The van der Waals surface area contributed by atoms with Gasteiger partial charge in [-0.05, 0) is 37.1 Å². The zero-order valence-corrected chi connectivity index (χ0v) is 16.0. The van der Waals surface area contributed by atoms with Gasteiger partial charge in [0.1, 0.15) is 6.04 Å². The Kier molecular flexibility index (Phi) is 8.99. The lowest BCUT2D eigenvalue weighted by Crippen LogP contribution is -2.47. The Bertz CT molecular complexity index is 561. The van der Waals surface area contributed by atoms with Crippen LogP contribution in [0.3, 0.4) is 0 Å². The monoisotopic (exact) mass is 349 g/mol. The Morgan fingerprint density at radius 2 is 1.92 bits per heavy atom. The molecule has 1 aromatic rings. The minimum absolute atomic E-state index is 0.199. The molecule has 0 aromatic heterocycles. The van der Waals surface area contributed by atoms with Gasteiger partial charge in [0.25, 0.3) is 0 Å². The van der Waals surface area contributed by atoms with Crippen LogP contribution in [0.5, 0.6) is 0 Å². The molecule has 0 aliphatic rings. The van der Waals surface area contributed by atoms with Crippen LogP contribution in [0.1, 0.15) is 38.3 Å². The van der Waals surface area contributed by atoms with Crippen molar-refractivity contribution in [2.45, 2.75) is 46.3 Å². The predicted octanol–water partition coefficient (Wildman–Crippen LogP) is 2.53. The number of hydrogen-bond donors (Lipinski definition) is 2. The number of carbonyl (C=O) groups is 2. The largest absolute Gasteiger partial charge is 0.453 e. The smallest absolute Gasteiger partial charge is 0.407 e. The number of carbonyl (C=O) groups excluding carboxylic acids is 2. The number of nitrogens with one attached hydrogen (secondary N) is 2. The summed E-state index contributed by atoms with van der Waals surface area (Å²) in [7, 11) is 3.36. The lowest BCUT2D eigenvalue weighted by Gasteiger charge is -2.19. The molecule has 1 atom stereocenters. The molecule has 1 aromatic carbocycles. The Morgan fingerprint density at radius 3 is 2.52 bits per heavy atom. The zero-order valence-electron chi connectivity index (χ0n) is 16.0. The first-order valence-electron chi connectivity index (χ1n) is 8.74. The summed E-state index contributed by atoms with van der Waals surface area (Å²) in [6.45, 7) is 8.42. The van der Waals surface area contributed by atoms with Gasteiger partial charge in [-0.15, -0.1) is 0 Å². The molecule has 140 valence electrons. The molecule has 0 spiro atoms. The van der Waals surface area contributed by atoms with Gasteiger partial charge in [0.05, 0.1) is 7.11 Å². The maximum absolute atomic E-state index is 12.4. The molecule has 0 aliphatic heterocycles. The summed E-state index contributed by atoms with van der Waals surface area (Å²) >= 11 is 0. The van der Waals surface area contributed by atoms with Gasteiger partial charge in [-0.1, -0.05) is 45.0 Å². The lowest BCUT2D eigenvalue weighted by atomic mass is 10.0. The van der Waals surface area contributed by atoms with E-state index < -0.39 is 12.1 Å². The molecular weight excluding hydrogens is 318 g/mol. The van der Waals surface area contributed by atoms with Crippen LogP contribution in [0.2, 0.25) is 0 Å². The molecule has 0 aliphatic carbocycles. The molecule has 0 fully saturated rings. The Balaban J connectivity index is 2.65. The fourth-order valence-corrected chi connectivity index (χ4v) is 2.48. The minimum Gasteiger partial charge on any atom is -0.453 e. The van der Waals surface area contributed by atoms with Crippen LogP contribution >= 0.6 is 0 Å². The molecule has 0 saturated heterocycles. The quantitative estimate of drug-likeness (QED) is 0.719. The van der Waals surface area contributed by atoms with E-state index in [1.165, 1.54) is 12.7 Å². The molecule has 6 heteroatoms. The van der Waals surface area contributed by atoms with E-state index in [0.29, 0.717) is 13.0 Å². The van der Waals surface area contributed by atoms with Crippen molar-refractivity contribution in [3.05, 3.63) is 35.4 Å². The summed E-state index contributed by atoms with van der Waals surface area (Å²) in [5, 5.41) is 5.50. The number of methoxy groups -OCH3 is 1. The molecule has 2 amide bonds. The van der Waals surface area contributed by atoms with E-state index in [2.05, 4.69) is 46.4 Å². The molecule has 1 unspecified atom stereocenters. The second-order valence-corrected chi connectivity index (χ2v) is 6.69. The van der Waals surface area contributed by atoms with E-state index in [9.17, 15) is 9.59 Å². The Hall–Kier alpha value is -2.08. The van der Waals surface area contributed by atoms with Crippen LogP contribution in [-0.2, 0) is 22.6 Å². The normalized spacial score (nSPS) is 12.1. The van der Waals surface area contributed by atoms with Crippen LogP contribution in [0.15, 0.2) is 24.3 Å². The molecule has 0 radical (unpaired) electrons. The maximum Gasteiger partial charge on any atom is 0.407 e. The standard InChI is InChI=1S/C19H31N3O3/c1-6-22(4)13-16-9-7-8-15(11-16)12-20-18(23)17(10-14(2)3)21-19(24)25-5/h7-9,11,14,17H,6,10,12-13H2,1-5H3,(H,20,23)(H,21,24). The van der Waals surface area contributed by atoms with Crippen molar-refractivity contribution in [1.82, 2.24) is 15.5 Å². The van der Waals surface area contributed by atoms with Crippen molar-refractivity contribution in [3.8, 4) is 0 Å². The highest BCUT2D eigenvalue weighted by Gasteiger charge is 2.22. The lowest BCUT2D eigenvalue weighted by molar-refractivity contribution is -0.123. The van der Waals surface area contributed by atoms with Gasteiger partial charge in [-0.3, -0.25) is 4.79 Å². The van der Waals surface area contributed by atoms with Gasteiger partial charge >= 0.3 is 6.09 Å². The van der Waals surface area contributed by atoms with Crippen molar-refractivity contribution in [2.75, 3.05) is 20.7 Å². The van der Waals surface area contributed by atoms with Crippen LogP contribution in [0.4, 0.5) is 4.79 Å². The second-order valence-electron chi connectivity index (χ2n) is 6.69. The van der Waals surface area contributed by atoms with E-state index in [1.807, 2.05) is 26.0 Å². The number of nitrogens with zero attached hydrogens (tertiary/aromatic N) is 1. The number of hydrogen-bond acceptors (Lipinski definition) is 4. The third kappa shape index (κ3) is 8.03. The number of rotatable bonds is 9. The van der Waals surface area contributed by atoms with E-state index >= 15 is 0 Å². The summed E-state index contributed by atoms with van der Waals surface area (Å²) in [4.78, 5) is 26.1. The number of alkyl carbamates (subject to hydrolysis) is 1. The first-order chi connectivity index (χ1) is 11.8. The van der Waals surface area contributed by atoms with E-state index in [-0.39, 0.29) is 11.8 Å². The molecule has 0 heterocycles. The summed E-state index contributed by atoms with van der Waals surface area (Å²) in [5.41, 5.74) is 2.25. The maximum atomic E-state index is 12.4. The average Bonchev–Trinajstić information content (AvgIpc) is 2.58. The molecule has 6 nitrogen and oxygen atoms in total. The minimum atomic E-state index is -0.596. The van der Waals surface area contributed by atoms with E-state index in [0.717, 1.165) is 18.7 Å². The zero-order chi connectivity index (χ0) is 18.8. The van der Waals surface area contributed by atoms with Crippen molar-refractivity contribution >= 4 is 12.0 Å². The van der Waals surface area contributed by atoms with Gasteiger partial charge in [0.2, 0.25) is 5.91 Å². The number of amides is 2. The first-order valence-corrected chi connectivity index (χ1v) is 8.74. The number of ether oxygens (including phenoxy) is 1. The Morgan fingerprint density at radius 1 is 1.24 bits per heavy atom. The molecule has 25 heavy (non-hydrogen) atoms. The van der Waals surface area contributed by atoms with Gasteiger partial charge in [-0.2, -0.15) is 0 Å². The first kappa shape index (κ1) is 21.0. The highest BCUT2D eigenvalue weighted by molar-refractivity contribution is 5.85. The van der Waals surface area contributed by atoms with Crippen molar-refractivity contribution in [3.63, 3.8) is 0 Å². The second kappa shape index (κ2) is 10.7. The highest BCUT2D eigenvalue weighted by atomic mass is 16.5. The van der Waals surface area contributed by atoms with Crippen LogP contribution in [0, 0.1) is 5.92 Å². The Labute approximate surface area is 150 Å². The molecule has 1 rings (SSSR count). The van der Waals surface area contributed by atoms with Gasteiger partial charge in [0.15, 0.2) is 0 Å². The summed E-state index contributed by atoms with van der Waals surface area (Å²) in [5.74, 6) is 0.0796. The fourth-order valence-electron chi connectivity index (χ4n) is 2.48. The van der Waals surface area contributed by atoms with Crippen molar-refractivity contribution in [2.24, 2.45) is 5.92 Å². The van der Waals surface area contributed by atoms with Gasteiger partial charge in [0, 0.05) is 13.1 Å². The summed E-state index contributed by atoms with van der Waals surface area (Å²) in [6, 6.07) is 7.57. The predicted molar refractivity (Wildman–Crippen MR) is 99.1 cm³/mol. The summed E-state index contributed by atoms with van der Waals surface area (Å²) in [6.07, 6.45) is -0.0344. The summed E-state index contributed by atoms with van der Waals surface area (Å²) < 4.78 is 4.60. The molecule has 2 N–H and O–H groups in total. The molecule has 0 saturated carbocycles. The van der Waals surface area contributed by atoms with Crippen LogP contribution in [0.25, 0.3) is 0 Å². The van der Waals surface area contributed by atoms with Crippen molar-refractivity contribution < 1.29 is 14.3 Å². The third-order valence-corrected chi connectivity index (χ3v) is 3.95. The third-order valence-electron chi connectivity index (χ3n) is 3.95. The highest BCUT2D eigenvalue weighted by Crippen LogP contribution is 2.09. The van der Waals surface area contributed by atoms with Gasteiger partial charge in [-0.25, -0.2) is 4.79 Å². The SMILES string of the molecule is CCN(C)Cc1cccc(CNC(=O)C(CC(C)C)NC(=O)OC)c1. The van der Waals surface area contributed by atoms with Gasteiger partial charge < -0.3 is 20.3 Å². The molecule has 0 bridgehead atoms. The topological polar surface area (TPSA) is 70.7 Å². The van der Waals surface area contributed by atoms with Crippen LogP contribution < -0.4 is 10.6 Å². The van der Waals surface area contributed by atoms with E-state index in [1.54, 1.807) is 0 Å². The molecular formula is C19H31N3O3.